The first-order valence-corrected chi connectivity index (χ1v) is 7.73. The zero-order valence-electron chi connectivity index (χ0n) is 13.0. The van der Waals surface area contributed by atoms with E-state index in [1.807, 2.05) is 37.3 Å². The van der Waals surface area contributed by atoms with Crippen LogP contribution in [-0.4, -0.2) is 35.2 Å². The SMILES string of the molecule is CC1(c2cccc(-c3ccnc(Cl)c3)c2)COCC(NC(=O)O)=N1. The van der Waals surface area contributed by atoms with Gasteiger partial charge in [-0.15, -0.1) is 0 Å². The van der Waals surface area contributed by atoms with Crippen LogP contribution < -0.4 is 5.32 Å². The van der Waals surface area contributed by atoms with Gasteiger partial charge < -0.3 is 9.84 Å². The van der Waals surface area contributed by atoms with Gasteiger partial charge in [0.05, 0.1) is 6.61 Å². The van der Waals surface area contributed by atoms with E-state index < -0.39 is 11.6 Å². The van der Waals surface area contributed by atoms with Crippen molar-refractivity contribution in [3.63, 3.8) is 0 Å². The van der Waals surface area contributed by atoms with E-state index in [9.17, 15) is 4.79 Å². The van der Waals surface area contributed by atoms with E-state index in [0.717, 1.165) is 16.7 Å². The van der Waals surface area contributed by atoms with Crippen LogP contribution in [0.5, 0.6) is 0 Å². The lowest BCUT2D eigenvalue weighted by atomic mass is 9.90. The Morgan fingerprint density at radius 3 is 2.88 bits per heavy atom. The number of pyridine rings is 1. The zero-order chi connectivity index (χ0) is 17.2. The number of nitrogens with zero attached hydrogens (tertiary/aromatic N) is 2. The summed E-state index contributed by atoms with van der Waals surface area (Å²) in [5.41, 5.74) is 2.19. The van der Waals surface area contributed by atoms with Gasteiger partial charge in [0.1, 0.15) is 23.1 Å². The van der Waals surface area contributed by atoms with E-state index in [2.05, 4.69) is 15.3 Å². The van der Waals surface area contributed by atoms with Gasteiger partial charge in [-0.2, -0.15) is 0 Å². The molecule has 6 nitrogen and oxygen atoms in total. The highest BCUT2D eigenvalue weighted by atomic mass is 35.5. The van der Waals surface area contributed by atoms with Gasteiger partial charge in [0.15, 0.2) is 0 Å². The molecule has 0 aliphatic carbocycles. The molecule has 124 valence electrons. The Bertz CT molecular complexity index is 809. The molecule has 1 aromatic carbocycles. The van der Waals surface area contributed by atoms with Crippen LogP contribution in [0, 0.1) is 0 Å². The molecule has 1 aliphatic rings. The third kappa shape index (κ3) is 3.55. The third-order valence-electron chi connectivity index (χ3n) is 3.80. The maximum absolute atomic E-state index is 10.8. The molecule has 1 aromatic heterocycles. The van der Waals surface area contributed by atoms with Gasteiger partial charge in [0.25, 0.3) is 0 Å². The minimum atomic E-state index is -1.15. The molecule has 1 amide bonds. The summed E-state index contributed by atoms with van der Waals surface area (Å²) >= 11 is 5.96. The molecule has 3 rings (SSSR count). The van der Waals surface area contributed by atoms with Gasteiger partial charge in [0.2, 0.25) is 0 Å². The molecule has 7 heteroatoms. The molecular formula is C17H16ClN3O3. The monoisotopic (exact) mass is 345 g/mol. The van der Waals surface area contributed by atoms with Crippen molar-refractivity contribution in [3.05, 3.63) is 53.3 Å². The molecule has 24 heavy (non-hydrogen) atoms. The van der Waals surface area contributed by atoms with Crippen LogP contribution in [0.3, 0.4) is 0 Å². The van der Waals surface area contributed by atoms with Gasteiger partial charge >= 0.3 is 6.09 Å². The standard InChI is InChI=1S/C17H16ClN3O3/c1-17(10-24-9-15(21-17)20-16(22)23)13-4-2-3-11(7-13)12-5-6-19-14(18)8-12/h2-8H,9-10H2,1H3,(H,20,21)(H,22,23). The van der Waals surface area contributed by atoms with Crippen LogP contribution in [-0.2, 0) is 10.3 Å². The van der Waals surface area contributed by atoms with E-state index in [4.69, 9.17) is 21.4 Å². The number of rotatable bonds is 2. The van der Waals surface area contributed by atoms with Crippen molar-refractivity contribution < 1.29 is 14.6 Å². The summed E-state index contributed by atoms with van der Waals surface area (Å²) < 4.78 is 5.53. The summed E-state index contributed by atoms with van der Waals surface area (Å²) in [6, 6.07) is 11.5. The normalized spacial score (nSPS) is 20.3. The Morgan fingerprint density at radius 2 is 2.12 bits per heavy atom. The average Bonchev–Trinajstić information content (AvgIpc) is 2.54. The number of amides is 1. The van der Waals surface area contributed by atoms with Crippen LogP contribution in [0.15, 0.2) is 47.6 Å². The number of halogens is 1. The number of hydrogen-bond acceptors (Lipinski definition) is 4. The second kappa shape index (κ2) is 6.59. The van der Waals surface area contributed by atoms with Crippen LogP contribution >= 0.6 is 11.6 Å². The van der Waals surface area contributed by atoms with E-state index in [-0.39, 0.29) is 6.61 Å². The molecular weight excluding hydrogens is 330 g/mol. The maximum Gasteiger partial charge on any atom is 0.410 e. The summed E-state index contributed by atoms with van der Waals surface area (Å²) in [5, 5.41) is 11.6. The number of benzene rings is 1. The Kier molecular flexibility index (Phi) is 4.51. The molecule has 2 N–H and O–H groups in total. The maximum atomic E-state index is 10.8. The fraction of sp³-hybridized carbons (Fsp3) is 0.235. The number of hydrogen-bond donors (Lipinski definition) is 2. The summed E-state index contributed by atoms with van der Waals surface area (Å²) in [4.78, 5) is 19.3. The van der Waals surface area contributed by atoms with Crippen molar-refractivity contribution >= 4 is 23.5 Å². The quantitative estimate of drug-likeness (QED) is 0.818. The fourth-order valence-corrected chi connectivity index (χ4v) is 2.83. The van der Waals surface area contributed by atoms with Crippen LogP contribution in [0.25, 0.3) is 11.1 Å². The highest BCUT2D eigenvalue weighted by Crippen LogP contribution is 2.31. The topological polar surface area (TPSA) is 83.8 Å². The lowest BCUT2D eigenvalue weighted by Crippen LogP contribution is -2.42. The second-order valence-electron chi connectivity index (χ2n) is 5.70. The van der Waals surface area contributed by atoms with Crippen molar-refractivity contribution in [1.82, 2.24) is 10.3 Å². The molecule has 1 atom stereocenters. The first-order chi connectivity index (χ1) is 11.5. The third-order valence-corrected chi connectivity index (χ3v) is 4.01. The van der Waals surface area contributed by atoms with E-state index in [1.54, 1.807) is 12.3 Å². The van der Waals surface area contributed by atoms with Gasteiger partial charge in [-0.1, -0.05) is 29.8 Å². The van der Waals surface area contributed by atoms with Crippen molar-refractivity contribution in [1.29, 1.82) is 0 Å². The molecule has 2 aromatic rings. The van der Waals surface area contributed by atoms with Crippen molar-refractivity contribution in [3.8, 4) is 11.1 Å². The van der Waals surface area contributed by atoms with Gasteiger partial charge in [-0.05, 0) is 41.8 Å². The number of nitrogens with one attached hydrogen (secondary N) is 1. The van der Waals surface area contributed by atoms with E-state index >= 15 is 0 Å². The van der Waals surface area contributed by atoms with Crippen molar-refractivity contribution in [2.24, 2.45) is 4.99 Å². The predicted octanol–water partition coefficient (Wildman–Crippen LogP) is 3.31. The molecule has 0 saturated carbocycles. The molecule has 0 fully saturated rings. The number of carboxylic acid groups (broad SMARTS) is 1. The Labute approximate surface area is 144 Å². The molecule has 0 bridgehead atoms. The largest absolute Gasteiger partial charge is 0.465 e. The van der Waals surface area contributed by atoms with Crippen molar-refractivity contribution in [2.75, 3.05) is 13.2 Å². The lowest BCUT2D eigenvalue weighted by Gasteiger charge is -2.31. The lowest BCUT2D eigenvalue weighted by molar-refractivity contribution is 0.104. The molecule has 0 spiro atoms. The zero-order valence-corrected chi connectivity index (χ0v) is 13.7. The summed E-state index contributed by atoms with van der Waals surface area (Å²) in [7, 11) is 0. The van der Waals surface area contributed by atoms with Gasteiger partial charge in [-0.25, -0.2) is 9.78 Å². The molecule has 2 heterocycles. The summed E-state index contributed by atoms with van der Waals surface area (Å²) in [5.74, 6) is 0.300. The molecule has 0 radical (unpaired) electrons. The number of amidine groups is 1. The van der Waals surface area contributed by atoms with Crippen LogP contribution in [0.1, 0.15) is 12.5 Å². The Balaban J connectivity index is 1.97. The second-order valence-corrected chi connectivity index (χ2v) is 6.09. The van der Waals surface area contributed by atoms with E-state index in [0.29, 0.717) is 17.6 Å². The van der Waals surface area contributed by atoms with Gasteiger partial charge in [0, 0.05) is 6.20 Å². The van der Waals surface area contributed by atoms with Gasteiger partial charge in [-0.3, -0.25) is 10.3 Å². The number of ether oxygens (including phenoxy) is 1. The fourth-order valence-electron chi connectivity index (χ4n) is 2.66. The first-order valence-electron chi connectivity index (χ1n) is 7.35. The molecule has 1 aliphatic heterocycles. The molecule has 1 unspecified atom stereocenters. The summed E-state index contributed by atoms with van der Waals surface area (Å²) in [6.07, 6.45) is 0.504. The molecule has 0 saturated heterocycles. The summed E-state index contributed by atoms with van der Waals surface area (Å²) in [6.45, 7) is 2.44. The van der Waals surface area contributed by atoms with Crippen molar-refractivity contribution in [2.45, 2.75) is 12.5 Å². The highest BCUT2D eigenvalue weighted by molar-refractivity contribution is 6.29. The number of carbonyl (C=O) groups is 1. The number of aliphatic imine (C=N–C) groups is 1. The van der Waals surface area contributed by atoms with Crippen LogP contribution in [0.2, 0.25) is 5.15 Å². The van der Waals surface area contributed by atoms with E-state index in [1.165, 1.54) is 0 Å². The highest BCUT2D eigenvalue weighted by Gasteiger charge is 2.31. The smallest absolute Gasteiger partial charge is 0.410 e. The minimum Gasteiger partial charge on any atom is -0.465 e. The first kappa shape index (κ1) is 16.4. The predicted molar refractivity (Wildman–Crippen MR) is 91.4 cm³/mol. The Hall–Kier alpha value is -2.44. The minimum absolute atomic E-state index is 0.154. The van der Waals surface area contributed by atoms with Crippen LogP contribution in [0.4, 0.5) is 4.79 Å². The number of aromatic nitrogens is 1. The Morgan fingerprint density at radius 1 is 1.33 bits per heavy atom. The average molecular weight is 346 g/mol.